The van der Waals surface area contributed by atoms with Crippen LogP contribution < -0.4 is 5.32 Å². The van der Waals surface area contributed by atoms with Crippen LogP contribution in [0.1, 0.15) is 86.7 Å². The Kier molecular flexibility index (Phi) is 11.9. The number of amides is 2. The molecule has 162 valence electrons. The molecule has 1 N–H and O–H groups in total. The first-order valence-electron chi connectivity index (χ1n) is 11.0. The van der Waals surface area contributed by atoms with Gasteiger partial charge in [0.1, 0.15) is 12.3 Å². The lowest BCUT2D eigenvalue weighted by Crippen LogP contribution is -2.49. The fraction of sp³-hybridized carbons (Fsp3) is 0.625. The topological polar surface area (TPSA) is 66.5 Å². The Balaban J connectivity index is 2.91. The molecule has 0 aliphatic rings. The van der Waals surface area contributed by atoms with Gasteiger partial charge in [-0.15, -0.1) is 0 Å². The predicted molar refractivity (Wildman–Crippen MR) is 118 cm³/mol. The minimum atomic E-state index is -0.669. The van der Waals surface area contributed by atoms with E-state index in [9.17, 15) is 14.4 Å². The number of nitrogens with one attached hydrogen (secondary N) is 1. The number of unbranched alkanes of at least 4 members (excludes halogenated alkanes) is 4. The molecule has 1 aromatic carbocycles. The first kappa shape index (κ1) is 24.9. The molecule has 5 heteroatoms. The van der Waals surface area contributed by atoms with Crippen LogP contribution in [0.3, 0.4) is 0 Å². The van der Waals surface area contributed by atoms with Crippen LogP contribution in [0.25, 0.3) is 0 Å². The van der Waals surface area contributed by atoms with Crippen molar-refractivity contribution >= 4 is 18.1 Å². The molecule has 0 radical (unpaired) electrons. The monoisotopic (exact) mass is 402 g/mol. The van der Waals surface area contributed by atoms with E-state index in [2.05, 4.69) is 19.2 Å². The number of carbonyl (C=O) groups excluding carboxylic acids is 3. The van der Waals surface area contributed by atoms with Gasteiger partial charge in [-0.2, -0.15) is 0 Å². The normalized spacial score (nSPS) is 11.7. The Morgan fingerprint density at radius 2 is 1.62 bits per heavy atom. The van der Waals surface area contributed by atoms with E-state index in [1.165, 1.54) is 0 Å². The summed E-state index contributed by atoms with van der Waals surface area (Å²) in [5, 5.41) is 2.89. The van der Waals surface area contributed by atoms with Crippen LogP contribution in [0.4, 0.5) is 0 Å². The van der Waals surface area contributed by atoms with E-state index < -0.39 is 6.04 Å². The SMILES string of the molecule is CCCCCN(CCCCC)C(=O)C(CCC=O)NC(=O)c1ccc(C)c(C)c1. The summed E-state index contributed by atoms with van der Waals surface area (Å²) in [7, 11) is 0. The first-order chi connectivity index (χ1) is 13.9. The van der Waals surface area contributed by atoms with Crippen LogP contribution in [-0.2, 0) is 9.59 Å². The number of benzene rings is 1. The zero-order chi connectivity index (χ0) is 21.6. The Labute approximate surface area is 176 Å². The van der Waals surface area contributed by atoms with E-state index in [0.717, 1.165) is 55.9 Å². The lowest BCUT2D eigenvalue weighted by molar-refractivity contribution is -0.133. The van der Waals surface area contributed by atoms with E-state index in [0.29, 0.717) is 25.1 Å². The summed E-state index contributed by atoms with van der Waals surface area (Å²) in [4.78, 5) is 38.8. The molecule has 0 saturated heterocycles. The molecule has 1 aromatic rings. The van der Waals surface area contributed by atoms with E-state index in [1.807, 2.05) is 30.9 Å². The van der Waals surface area contributed by atoms with Gasteiger partial charge in [-0.25, -0.2) is 0 Å². The maximum atomic E-state index is 13.2. The molecule has 1 atom stereocenters. The third-order valence-corrected chi connectivity index (χ3v) is 5.32. The molecule has 0 saturated carbocycles. The Hall–Kier alpha value is -2.17. The molecule has 1 rings (SSSR count). The molecule has 0 aromatic heterocycles. The van der Waals surface area contributed by atoms with Crippen molar-refractivity contribution < 1.29 is 14.4 Å². The van der Waals surface area contributed by atoms with Crippen molar-refractivity contribution in [2.45, 2.75) is 85.1 Å². The summed E-state index contributed by atoms with van der Waals surface area (Å²) in [6.07, 6.45) is 7.64. The van der Waals surface area contributed by atoms with Gasteiger partial charge in [0.05, 0.1) is 0 Å². The van der Waals surface area contributed by atoms with Gasteiger partial charge in [-0.05, 0) is 56.4 Å². The van der Waals surface area contributed by atoms with Crippen molar-refractivity contribution in [2.24, 2.45) is 0 Å². The highest BCUT2D eigenvalue weighted by Crippen LogP contribution is 2.12. The molecule has 2 amide bonds. The summed E-state index contributed by atoms with van der Waals surface area (Å²) in [5.41, 5.74) is 2.70. The third kappa shape index (κ3) is 8.80. The number of hydrogen-bond acceptors (Lipinski definition) is 3. The fourth-order valence-electron chi connectivity index (χ4n) is 3.27. The van der Waals surface area contributed by atoms with Gasteiger partial charge >= 0.3 is 0 Å². The van der Waals surface area contributed by atoms with Crippen molar-refractivity contribution in [3.8, 4) is 0 Å². The number of nitrogens with zero attached hydrogens (tertiary/aromatic N) is 1. The van der Waals surface area contributed by atoms with E-state index in [-0.39, 0.29) is 18.2 Å². The van der Waals surface area contributed by atoms with Gasteiger partial charge in [-0.3, -0.25) is 9.59 Å². The molecular weight excluding hydrogens is 364 g/mol. The summed E-state index contributed by atoms with van der Waals surface area (Å²) in [6.45, 7) is 9.64. The highest BCUT2D eigenvalue weighted by molar-refractivity contribution is 5.97. The van der Waals surface area contributed by atoms with Gasteiger partial charge in [-0.1, -0.05) is 45.6 Å². The van der Waals surface area contributed by atoms with Gasteiger partial charge < -0.3 is 15.0 Å². The standard InChI is InChI=1S/C24H38N2O3/c1-5-7-9-15-26(16-10-8-6-2)24(29)22(12-11-17-27)25-23(28)21-14-13-19(3)20(4)18-21/h13-14,17-18,22H,5-12,15-16H2,1-4H3,(H,25,28). The molecule has 0 aliphatic carbocycles. The van der Waals surface area contributed by atoms with Crippen LogP contribution in [-0.4, -0.2) is 42.1 Å². The molecular formula is C24H38N2O3. The van der Waals surface area contributed by atoms with Crippen molar-refractivity contribution in [3.05, 3.63) is 34.9 Å². The van der Waals surface area contributed by atoms with Crippen molar-refractivity contribution in [1.29, 1.82) is 0 Å². The highest BCUT2D eigenvalue weighted by atomic mass is 16.2. The Morgan fingerprint density at radius 3 is 2.14 bits per heavy atom. The van der Waals surface area contributed by atoms with Crippen LogP contribution in [0.2, 0.25) is 0 Å². The van der Waals surface area contributed by atoms with Gasteiger partial charge in [0.2, 0.25) is 5.91 Å². The van der Waals surface area contributed by atoms with Crippen LogP contribution >= 0.6 is 0 Å². The van der Waals surface area contributed by atoms with E-state index >= 15 is 0 Å². The quantitative estimate of drug-likeness (QED) is 0.366. The summed E-state index contributed by atoms with van der Waals surface area (Å²) >= 11 is 0. The van der Waals surface area contributed by atoms with Crippen LogP contribution in [0.15, 0.2) is 18.2 Å². The molecule has 0 bridgehead atoms. The minimum absolute atomic E-state index is 0.0729. The lowest BCUT2D eigenvalue weighted by atomic mass is 10.0. The fourth-order valence-corrected chi connectivity index (χ4v) is 3.27. The molecule has 0 fully saturated rings. The number of aldehydes is 1. The maximum absolute atomic E-state index is 13.2. The number of hydrogen-bond donors (Lipinski definition) is 1. The number of carbonyl (C=O) groups is 3. The lowest BCUT2D eigenvalue weighted by Gasteiger charge is -2.28. The molecule has 0 heterocycles. The second-order valence-corrected chi connectivity index (χ2v) is 7.81. The van der Waals surface area contributed by atoms with Crippen molar-refractivity contribution in [2.75, 3.05) is 13.1 Å². The molecule has 1 unspecified atom stereocenters. The molecule has 0 aliphatic heterocycles. The average molecular weight is 403 g/mol. The molecule has 29 heavy (non-hydrogen) atoms. The average Bonchev–Trinajstić information content (AvgIpc) is 2.71. The van der Waals surface area contributed by atoms with Crippen molar-refractivity contribution in [1.82, 2.24) is 10.2 Å². The zero-order valence-corrected chi connectivity index (χ0v) is 18.6. The van der Waals surface area contributed by atoms with Crippen LogP contribution in [0, 0.1) is 13.8 Å². The predicted octanol–water partition coefficient (Wildman–Crippen LogP) is 4.59. The van der Waals surface area contributed by atoms with Crippen molar-refractivity contribution in [3.63, 3.8) is 0 Å². The van der Waals surface area contributed by atoms with Gasteiger partial charge in [0, 0.05) is 25.1 Å². The zero-order valence-electron chi connectivity index (χ0n) is 18.6. The Morgan fingerprint density at radius 1 is 1.00 bits per heavy atom. The highest BCUT2D eigenvalue weighted by Gasteiger charge is 2.25. The maximum Gasteiger partial charge on any atom is 0.251 e. The Bertz CT molecular complexity index is 648. The smallest absolute Gasteiger partial charge is 0.251 e. The molecule has 0 spiro atoms. The largest absolute Gasteiger partial charge is 0.341 e. The van der Waals surface area contributed by atoms with Crippen LogP contribution in [0.5, 0.6) is 0 Å². The summed E-state index contributed by atoms with van der Waals surface area (Å²) in [6, 6.07) is 4.86. The van der Waals surface area contributed by atoms with Gasteiger partial charge in [0.15, 0.2) is 0 Å². The van der Waals surface area contributed by atoms with E-state index in [1.54, 1.807) is 6.07 Å². The minimum Gasteiger partial charge on any atom is -0.341 e. The molecule has 5 nitrogen and oxygen atoms in total. The summed E-state index contributed by atoms with van der Waals surface area (Å²) in [5.74, 6) is -0.337. The third-order valence-electron chi connectivity index (χ3n) is 5.32. The van der Waals surface area contributed by atoms with Gasteiger partial charge in [0.25, 0.3) is 5.91 Å². The summed E-state index contributed by atoms with van der Waals surface area (Å²) < 4.78 is 0. The number of rotatable bonds is 14. The second kappa shape index (κ2) is 13.9. The first-order valence-corrected chi connectivity index (χ1v) is 11.0. The van der Waals surface area contributed by atoms with E-state index in [4.69, 9.17) is 0 Å². The second-order valence-electron chi connectivity index (χ2n) is 7.81. The number of aryl methyl sites for hydroxylation is 2.